The van der Waals surface area contributed by atoms with Crippen LogP contribution in [-0.4, -0.2) is 41.3 Å². The van der Waals surface area contributed by atoms with E-state index >= 15 is 0 Å². The lowest BCUT2D eigenvalue weighted by Crippen LogP contribution is -2.62. The van der Waals surface area contributed by atoms with E-state index < -0.39 is 0 Å². The molecule has 3 spiro atoms. The second-order valence-corrected chi connectivity index (χ2v) is 8.48. The number of benzene rings is 1. The van der Waals surface area contributed by atoms with Gasteiger partial charge in [-0.2, -0.15) is 0 Å². The van der Waals surface area contributed by atoms with Gasteiger partial charge in [-0.15, -0.1) is 0 Å². The van der Waals surface area contributed by atoms with Crippen LogP contribution in [0, 0.1) is 17.3 Å². The fraction of sp³-hybridized carbons (Fsp3) is 0.600. The normalized spacial score (nSPS) is 51.5. The van der Waals surface area contributed by atoms with E-state index in [-0.39, 0.29) is 16.4 Å². The molecule has 0 radical (unpaired) electrons. The molecule has 1 saturated heterocycles. The van der Waals surface area contributed by atoms with Crippen molar-refractivity contribution in [3.8, 4) is 0 Å². The number of anilines is 1. The minimum absolute atomic E-state index is 0.0273. The predicted octanol–water partition coefficient (Wildman–Crippen LogP) is 2.38. The summed E-state index contributed by atoms with van der Waals surface area (Å²) in [7, 11) is 0. The molecule has 5 aliphatic rings. The molecule has 0 aromatic heterocycles. The zero-order chi connectivity index (χ0) is 15.4. The van der Waals surface area contributed by atoms with Crippen molar-refractivity contribution in [1.29, 1.82) is 0 Å². The highest BCUT2D eigenvalue weighted by Gasteiger charge is 2.84. The zero-order valence-electron chi connectivity index (χ0n) is 13.6. The first-order chi connectivity index (χ1) is 11.2. The Labute approximate surface area is 137 Å². The maximum atomic E-state index is 10.3. The van der Waals surface area contributed by atoms with Gasteiger partial charge >= 0.3 is 0 Å². The molecule has 3 heteroatoms. The molecule has 2 saturated carbocycles. The topological polar surface area (TPSA) is 35.5 Å². The maximum absolute atomic E-state index is 10.3. The highest BCUT2D eigenvalue weighted by Crippen LogP contribution is 2.78. The van der Waals surface area contributed by atoms with Crippen LogP contribution in [-0.2, 0) is 5.41 Å². The summed E-state index contributed by atoms with van der Waals surface area (Å²) in [6, 6.07) is 9.56. The number of para-hydroxylation sites is 1. The first kappa shape index (κ1) is 13.0. The van der Waals surface area contributed by atoms with Crippen LogP contribution in [0.25, 0.3) is 0 Å². The zero-order valence-corrected chi connectivity index (χ0v) is 13.6. The molecule has 0 amide bonds. The molecule has 23 heavy (non-hydrogen) atoms. The van der Waals surface area contributed by atoms with E-state index in [2.05, 4.69) is 53.6 Å². The van der Waals surface area contributed by atoms with E-state index in [4.69, 9.17) is 0 Å². The standard InChI is InChI=1S/C20H24N2O/c1-13-18-7-4-9-22-10-8-19(17(18)22)15-5-2-3-6-16(15)21-20(13,19)14(11-18)12-23/h2-7,13-14,17,21,23H,8-12H2,1H3/t13?,14-,17-,18-,19+,20+/m0/s1. The van der Waals surface area contributed by atoms with E-state index in [1.165, 1.54) is 24.2 Å². The van der Waals surface area contributed by atoms with Crippen LogP contribution in [0.3, 0.4) is 0 Å². The quantitative estimate of drug-likeness (QED) is 0.782. The van der Waals surface area contributed by atoms with Crippen LogP contribution in [0.15, 0.2) is 36.4 Å². The fourth-order valence-electron chi connectivity index (χ4n) is 7.92. The molecule has 2 N–H and O–H groups in total. The third kappa shape index (κ3) is 1.03. The largest absolute Gasteiger partial charge is 0.396 e. The highest BCUT2D eigenvalue weighted by molar-refractivity contribution is 5.71. The summed E-state index contributed by atoms with van der Waals surface area (Å²) in [5.41, 5.74) is 3.29. The Balaban J connectivity index is 1.72. The summed E-state index contributed by atoms with van der Waals surface area (Å²) in [4.78, 5) is 2.73. The first-order valence-electron chi connectivity index (χ1n) is 9.11. The number of fused-ring (bicyclic) bond motifs is 1. The number of aliphatic hydroxyl groups is 1. The summed E-state index contributed by atoms with van der Waals surface area (Å²) in [5.74, 6) is 0.910. The number of aliphatic hydroxyl groups excluding tert-OH is 1. The lowest BCUT2D eigenvalue weighted by Gasteiger charge is -2.51. The Morgan fingerprint density at radius 1 is 1.35 bits per heavy atom. The van der Waals surface area contributed by atoms with Crippen molar-refractivity contribution in [3.05, 3.63) is 42.0 Å². The average Bonchev–Trinajstić information content (AvgIpc) is 3.23. The van der Waals surface area contributed by atoms with Crippen LogP contribution in [0.4, 0.5) is 5.69 Å². The highest BCUT2D eigenvalue weighted by atomic mass is 16.3. The Bertz CT molecular complexity index is 745. The van der Waals surface area contributed by atoms with Crippen molar-refractivity contribution in [3.63, 3.8) is 0 Å². The number of nitrogens with zero attached hydrogens (tertiary/aromatic N) is 1. The SMILES string of the molecule is CC1[C@]23C=CCN4CC[C@@]5(c6ccccc6N[C@@]15[C@H](CO)C2)[C@@H]43. The van der Waals surface area contributed by atoms with Crippen LogP contribution in [0.5, 0.6) is 0 Å². The molecule has 1 aromatic carbocycles. The van der Waals surface area contributed by atoms with Crippen LogP contribution in [0.2, 0.25) is 0 Å². The molecule has 1 unspecified atom stereocenters. The van der Waals surface area contributed by atoms with E-state index in [0.717, 1.165) is 13.0 Å². The molecular weight excluding hydrogens is 284 g/mol. The molecule has 3 nitrogen and oxygen atoms in total. The summed E-state index contributed by atoms with van der Waals surface area (Å²) in [6.07, 6.45) is 7.29. The van der Waals surface area contributed by atoms with Crippen molar-refractivity contribution in [2.24, 2.45) is 17.3 Å². The molecule has 2 bridgehead atoms. The van der Waals surface area contributed by atoms with Crippen molar-refractivity contribution in [1.82, 2.24) is 4.90 Å². The molecule has 2 aliphatic carbocycles. The van der Waals surface area contributed by atoms with E-state index in [9.17, 15) is 5.11 Å². The van der Waals surface area contributed by atoms with Gasteiger partial charge in [-0.05, 0) is 36.9 Å². The third-order valence-corrected chi connectivity index (χ3v) is 8.34. The Kier molecular flexibility index (Phi) is 2.08. The first-order valence-corrected chi connectivity index (χ1v) is 9.11. The predicted molar refractivity (Wildman–Crippen MR) is 90.4 cm³/mol. The van der Waals surface area contributed by atoms with Crippen LogP contribution >= 0.6 is 0 Å². The number of nitrogens with one attached hydrogen (secondary N) is 1. The van der Waals surface area contributed by atoms with E-state index in [1.807, 2.05) is 0 Å². The van der Waals surface area contributed by atoms with Gasteiger partial charge in [0.05, 0.1) is 5.54 Å². The van der Waals surface area contributed by atoms with E-state index in [0.29, 0.717) is 24.5 Å². The molecule has 1 aromatic rings. The van der Waals surface area contributed by atoms with Gasteiger partial charge in [0.25, 0.3) is 0 Å². The van der Waals surface area contributed by atoms with Gasteiger partial charge in [0.2, 0.25) is 0 Å². The number of rotatable bonds is 1. The van der Waals surface area contributed by atoms with Gasteiger partial charge in [0.15, 0.2) is 0 Å². The number of hydrogen-bond donors (Lipinski definition) is 2. The van der Waals surface area contributed by atoms with Crippen molar-refractivity contribution in [2.75, 3.05) is 25.0 Å². The Hall–Kier alpha value is -1.32. The molecule has 3 aliphatic heterocycles. The summed E-state index contributed by atoms with van der Waals surface area (Å²) >= 11 is 0. The minimum Gasteiger partial charge on any atom is -0.396 e. The average molecular weight is 308 g/mol. The molecule has 6 rings (SSSR count). The summed E-state index contributed by atoms with van der Waals surface area (Å²) in [5, 5.41) is 14.3. The van der Waals surface area contributed by atoms with Crippen LogP contribution < -0.4 is 5.32 Å². The van der Waals surface area contributed by atoms with Gasteiger partial charge in [0, 0.05) is 41.6 Å². The van der Waals surface area contributed by atoms with E-state index in [1.54, 1.807) is 0 Å². The van der Waals surface area contributed by atoms with Crippen molar-refractivity contribution in [2.45, 2.75) is 36.8 Å². The maximum Gasteiger partial charge on any atom is 0.0571 e. The molecule has 3 heterocycles. The smallest absolute Gasteiger partial charge is 0.0571 e. The lowest BCUT2D eigenvalue weighted by molar-refractivity contribution is 0.0536. The molecule has 120 valence electrons. The van der Waals surface area contributed by atoms with Crippen molar-refractivity contribution >= 4 is 5.69 Å². The van der Waals surface area contributed by atoms with Gasteiger partial charge in [-0.3, -0.25) is 4.90 Å². The van der Waals surface area contributed by atoms with Gasteiger partial charge in [0.1, 0.15) is 0 Å². The molecular formula is C20H24N2O. The van der Waals surface area contributed by atoms with Gasteiger partial charge < -0.3 is 10.4 Å². The van der Waals surface area contributed by atoms with Gasteiger partial charge in [-0.25, -0.2) is 0 Å². The minimum atomic E-state index is 0.0273. The molecule has 6 atom stereocenters. The second kappa shape index (κ2) is 3.68. The lowest BCUT2D eigenvalue weighted by atomic mass is 9.57. The van der Waals surface area contributed by atoms with Crippen molar-refractivity contribution < 1.29 is 5.11 Å². The fourth-order valence-corrected chi connectivity index (χ4v) is 7.92. The third-order valence-electron chi connectivity index (χ3n) is 8.34. The van der Waals surface area contributed by atoms with Gasteiger partial charge in [-0.1, -0.05) is 37.3 Å². The summed E-state index contributed by atoms with van der Waals surface area (Å²) < 4.78 is 0. The van der Waals surface area contributed by atoms with Crippen LogP contribution in [0.1, 0.15) is 25.3 Å². The second-order valence-electron chi connectivity index (χ2n) is 8.48. The Morgan fingerprint density at radius 2 is 2.22 bits per heavy atom. The number of hydrogen-bond acceptors (Lipinski definition) is 3. The molecule has 3 fully saturated rings. The Morgan fingerprint density at radius 3 is 3.09 bits per heavy atom. The monoisotopic (exact) mass is 308 g/mol. The summed E-state index contributed by atoms with van der Waals surface area (Å²) in [6.45, 7) is 5.04.